The van der Waals surface area contributed by atoms with Crippen molar-refractivity contribution in [2.75, 3.05) is 0 Å². The summed E-state index contributed by atoms with van der Waals surface area (Å²) < 4.78 is 8.88. The van der Waals surface area contributed by atoms with Crippen LogP contribution in [-0.2, 0) is 4.57 Å². The van der Waals surface area contributed by atoms with Crippen molar-refractivity contribution < 1.29 is 19.2 Å². The third-order valence-corrected chi connectivity index (χ3v) is 0. The molecule has 0 aliphatic rings. The predicted molar refractivity (Wildman–Crippen MR) is 43.4 cm³/mol. The zero-order valence-corrected chi connectivity index (χ0v) is 9.13. The third-order valence-electron chi connectivity index (χ3n) is 0. The number of phosphoric acid groups is 1. The average Bonchev–Trinajstić information content (AvgIpc) is 1.12. The molecular formula is H3Cl4O4PSi. The summed E-state index contributed by atoms with van der Waals surface area (Å²) in [6.07, 6.45) is 0. The fourth-order valence-corrected chi connectivity index (χ4v) is 0. The first kappa shape index (κ1) is 14.0. The molecular weight excluding hydrogens is 265 g/mol. The second kappa shape index (κ2) is 5.19. The molecule has 0 radical (unpaired) electrons. The second-order valence-corrected chi connectivity index (χ2v) is 13.1. The molecule has 0 saturated carbocycles. The largest absolute Gasteiger partial charge is 0.466 e. The maximum absolute atomic E-state index is 8.88. The maximum atomic E-state index is 8.88. The van der Waals surface area contributed by atoms with Crippen molar-refractivity contribution in [2.45, 2.75) is 0 Å². The lowest BCUT2D eigenvalue weighted by molar-refractivity contribution is 0.275. The van der Waals surface area contributed by atoms with Gasteiger partial charge in [-0.1, -0.05) is 0 Å². The van der Waals surface area contributed by atoms with Gasteiger partial charge in [-0.05, 0) is 0 Å². The summed E-state index contributed by atoms with van der Waals surface area (Å²) in [5.74, 6) is 0. The topological polar surface area (TPSA) is 77.8 Å². The van der Waals surface area contributed by atoms with E-state index >= 15 is 0 Å². The molecule has 0 bridgehead atoms. The Morgan fingerprint density at radius 2 is 1.00 bits per heavy atom. The van der Waals surface area contributed by atoms with Crippen LogP contribution in [0.25, 0.3) is 0 Å². The number of hydrogen-bond donors (Lipinski definition) is 3. The quantitative estimate of drug-likeness (QED) is 0.353. The van der Waals surface area contributed by atoms with Crippen LogP contribution in [0.15, 0.2) is 0 Å². The molecule has 0 rings (SSSR count). The minimum absolute atomic E-state index is 2.72. The van der Waals surface area contributed by atoms with Gasteiger partial charge in [0.05, 0.1) is 0 Å². The van der Waals surface area contributed by atoms with Crippen LogP contribution in [0.5, 0.6) is 0 Å². The van der Waals surface area contributed by atoms with Crippen LogP contribution in [-0.4, -0.2) is 20.0 Å². The third kappa shape index (κ3) is 309. The summed E-state index contributed by atoms with van der Waals surface area (Å²) in [6, 6.07) is 0. The highest BCUT2D eigenvalue weighted by atomic mass is 36.0. The Balaban J connectivity index is 0. The van der Waals surface area contributed by atoms with Crippen molar-refractivity contribution in [3.05, 3.63) is 0 Å². The highest BCUT2D eigenvalue weighted by Crippen LogP contribution is 2.25. The lowest BCUT2D eigenvalue weighted by atomic mass is 15.8. The molecule has 0 amide bonds. The molecule has 0 fully saturated rings. The lowest BCUT2D eigenvalue weighted by Crippen LogP contribution is -1.91. The van der Waals surface area contributed by atoms with Crippen molar-refractivity contribution in [3.8, 4) is 0 Å². The summed E-state index contributed by atoms with van der Waals surface area (Å²) in [5, 5.41) is -2.72. The zero-order chi connectivity index (χ0) is 9.00. The Kier molecular flexibility index (Phi) is 7.28. The zero-order valence-electron chi connectivity index (χ0n) is 4.21. The molecule has 0 aromatic carbocycles. The van der Waals surface area contributed by atoms with E-state index in [0.29, 0.717) is 0 Å². The van der Waals surface area contributed by atoms with E-state index < -0.39 is 13.1 Å². The van der Waals surface area contributed by atoms with Gasteiger partial charge in [0.15, 0.2) is 0 Å². The van der Waals surface area contributed by atoms with Crippen LogP contribution in [0.1, 0.15) is 0 Å². The van der Waals surface area contributed by atoms with Crippen LogP contribution >= 0.6 is 52.1 Å². The Morgan fingerprint density at radius 3 is 1.00 bits per heavy atom. The Morgan fingerprint density at radius 1 is 1.00 bits per heavy atom. The molecule has 0 aliphatic carbocycles. The van der Waals surface area contributed by atoms with Crippen molar-refractivity contribution >= 4 is 57.5 Å². The van der Waals surface area contributed by atoms with Gasteiger partial charge in [-0.2, -0.15) is 0 Å². The van der Waals surface area contributed by atoms with Crippen molar-refractivity contribution in [2.24, 2.45) is 0 Å². The number of halogens is 4. The Labute approximate surface area is 76.7 Å². The van der Waals surface area contributed by atoms with E-state index in [-0.39, 0.29) is 0 Å². The van der Waals surface area contributed by atoms with Gasteiger partial charge >= 0.3 is 13.1 Å². The van der Waals surface area contributed by atoms with Gasteiger partial charge in [-0.3, -0.25) is 0 Å². The summed E-state index contributed by atoms with van der Waals surface area (Å²) >= 11 is 19.9. The fraction of sp³-hybridized carbons (Fsp3) is 0. The van der Waals surface area contributed by atoms with Crippen LogP contribution in [0.4, 0.5) is 0 Å². The fourth-order valence-electron chi connectivity index (χ4n) is 0. The predicted octanol–water partition coefficient (Wildman–Crippen LogP) is 1.45. The van der Waals surface area contributed by atoms with Crippen LogP contribution < -0.4 is 0 Å². The van der Waals surface area contributed by atoms with E-state index in [1.54, 1.807) is 0 Å². The van der Waals surface area contributed by atoms with Crippen LogP contribution in [0.2, 0.25) is 0 Å². The first-order chi connectivity index (χ1) is 4.00. The van der Waals surface area contributed by atoms with E-state index in [1.807, 2.05) is 0 Å². The number of hydrogen-bond acceptors (Lipinski definition) is 1. The molecule has 0 aromatic rings. The van der Waals surface area contributed by atoms with Gasteiger partial charge in [0.1, 0.15) is 0 Å². The first-order valence-corrected chi connectivity index (χ1v) is 9.15. The van der Waals surface area contributed by atoms with Gasteiger partial charge < -0.3 is 14.7 Å². The average molecular weight is 268 g/mol. The monoisotopic (exact) mass is 266 g/mol. The van der Waals surface area contributed by atoms with E-state index in [0.717, 1.165) is 0 Å². The van der Waals surface area contributed by atoms with Crippen molar-refractivity contribution in [3.63, 3.8) is 0 Å². The SMILES string of the molecule is Cl[Si](Cl)(Cl)Cl.O=P(O)(O)O. The first-order valence-electron chi connectivity index (χ1n) is 1.54. The molecule has 3 N–H and O–H groups in total. The molecule has 10 heavy (non-hydrogen) atoms. The summed E-state index contributed by atoms with van der Waals surface area (Å²) in [6.45, 7) is 0. The minimum Gasteiger partial charge on any atom is -0.303 e. The lowest BCUT2D eigenvalue weighted by Gasteiger charge is -1.85. The smallest absolute Gasteiger partial charge is 0.303 e. The van der Waals surface area contributed by atoms with Crippen LogP contribution in [0.3, 0.4) is 0 Å². The van der Waals surface area contributed by atoms with E-state index in [4.69, 9.17) is 63.6 Å². The standard InChI is InChI=1S/Cl4Si.H3O4P/c2*1-5(2,3)4/h;(H3,1,2,3,4). The van der Waals surface area contributed by atoms with E-state index in [9.17, 15) is 0 Å². The van der Waals surface area contributed by atoms with E-state index in [1.165, 1.54) is 0 Å². The molecule has 0 aliphatic heterocycles. The Hall–Kier alpha value is 1.49. The molecule has 0 unspecified atom stereocenters. The number of rotatable bonds is 0. The van der Waals surface area contributed by atoms with Crippen LogP contribution in [0, 0.1) is 0 Å². The molecule has 0 aromatic heterocycles. The van der Waals surface area contributed by atoms with E-state index in [2.05, 4.69) is 0 Å². The highest BCUT2D eigenvalue weighted by molar-refractivity contribution is 7.81. The Bertz CT molecular complexity index is 109. The summed E-state index contributed by atoms with van der Waals surface area (Å²) in [5.41, 5.74) is 0. The molecule has 0 atom stereocenters. The molecule has 10 heteroatoms. The van der Waals surface area contributed by atoms with Crippen molar-refractivity contribution in [1.29, 1.82) is 0 Å². The summed E-state index contributed by atoms with van der Waals surface area (Å²) in [7, 11) is -4.64. The highest BCUT2D eigenvalue weighted by Gasteiger charge is 2.19. The molecule has 0 heterocycles. The van der Waals surface area contributed by atoms with Gasteiger partial charge in [-0.25, -0.2) is 4.57 Å². The molecule has 4 nitrogen and oxygen atoms in total. The maximum Gasteiger partial charge on any atom is 0.466 e. The molecule has 64 valence electrons. The van der Waals surface area contributed by atoms with Gasteiger partial charge in [-0.15, -0.1) is 44.3 Å². The molecule has 0 spiro atoms. The molecule has 0 saturated heterocycles. The van der Waals surface area contributed by atoms with Crippen molar-refractivity contribution in [1.82, 2.24) is 0 Å². The van der Waals surface area contributed by atoms with Gasteiger partial charge in [0, 0.05) is 0 Å². The summed E-state index contributed by atoms with van der Waals surface area (Å²) in [4.78, 5) is 21.6. The normalized spacial score (nSPS) is 11.9. The minimum atomic E-state index is -4.64. The van der Waals surface area contributed by atoms with Gasteiger partial charge in [0.2, 0.25) is 0 Å². The second-order valence-electron chi connectivity index (χ2n) is 0.942. The van der Waals surface area contributed by atoms with Gasteiger partial charge in [0.25, 0.3) is 0 Å².